The summed E-state index contributed by atoms with van der Waals surface area (Å²) in [5, 5.41) is 9.84. The Morgan fingerprint density at radius 1 is 1.64 bits per heavy atom. The van der Waals surface area contributed by atoms with Gasteiger partial charge in [0.2, 0.25) is 0 Å². The van der Waals surface area contributed by atoms with Crippen LogP contribution in [0.25, 0.3) is 0 Å². The standard InChI is InChI=1S/C9H8BrClO3/c1-14-9(13)8(12)6-4-5(10)2-3-7(6)11/h2-4,8,12H,1H3. The van der Waals surface area contributed by atoms with E-state index in [1.165, 1.54) is 7.11 Å². The average Bonchev–Trinajstić information content (AvgIpc) is 2.19. The Hall–Kier alpha value is -0.580. The van der Waals surface area contributed by atoms with Crippen LogP contribution < -0.4 is 0 Å². The van der Waals surface area contributed by atoms with Crippen molar-refractivity contribution >= 4 is 33.5 Å². The lowest BCUT2D eigenvalue weighted by Gasteiger charge is -2.10. The van der Waals surface area contributed by atoms with Crippen LogP contribution >= 0.6 is 27.5 Å². The highest BCUT2D eigenvalue weighted by Gasteiger charge is 2.20. The van der Waals surface area contributed by atoms with Gasteiger partial charge in [0.15, 0.2) is 6.10 Å². The first-order valence-electron chi connectivity index (χ1n) is 3.77. The third kappa shape index (κ3) is 2.47. The summed E-state index contributed by atoms with van der Waals surface area (Å²) in [6, 6.07) is 4.88. The Balaban J connectivity index is 3.05. The zero-order valence-corrected chi connectivity index (χ0v) is 9.67. The molecule has 0 amide bonds. The molecule has 0 saturated heterocycles. The van der Waals surface area contributed by atoms with Gasteiger partial charge in [-0.15, -0.1) is 0 Å². The predicted molar refractivity (Wildman–Crippen MR) is 56.1 cm³/mol. The summed E-state index contributed by atoms with van der Waals surface area (Å²) in [6.07, 6.45) is -1.34. The molecule has 3 nitrogen and oxygen atoms in total. The molecule has 76 valence electrons. The van der Waals surface area contributed by atoms with Crippen LogP contribution in [0.15, 0.2) is 22.7 Å². The van der Waals surface area contributed by atoms with Crippen LogP contribution in [0.2, 0.25) is 5.02 Å². The van der Waals surface area contributed by atoms with Crippen LogP contribution in [0.4, 0.5) is 0 Å². The monoisotopic (exact) mass is 278 g/mol. The van der Waals surface area contributed by atoms with Gasteiger partial charge in [0.05, 0.1) is 7.11 Å². The van der Waals surface area contributed by atoms with Crippen molar-refractivity contribution in [2.24, 2.45) is 0 Å². The van der Waals surface area contributed by atoms with E-state index in [-0.39, 0.29) is 0 Å². The summed E-state index contributed by atoms with van der Waals surface area (Å²) >= 11 is 9.02. The van der Waals surface area contributed by atoms with E-state index >= 15 is 0 Å². The predicted octanol–water partition coefficient (Wildman–Crippen LogP) is 2.31. The van der Waals surface area contributed by atoms with Crippen LogP contribution in [-0.2, 0) is 9.53 Å². The largest absolute Gasteiger partial charge is 0.467 e. The van der Waals surface area contributed by atoms with Crippen molar-refractivity contribution in [3.05, 3.63) is 33.3 Å². The smallest absolute Gasteiger partial charge is 0.339 e. The molecule has 1 atom stereocenters. The number of rotatable bonds is 2. The fourth-order valence-electron chi connectivity index (χ4n) is 0.963. The van der Waals surface area contributed by atoms with Crippen LogP contribution in [-0.4, -0.2) is 18.2 Å². The average molecular weight is 280 g/mol. The van der Waals surface area contributed by atoms with E-state index in [0.29, 0.717) is 10.6 Å². The molecular weight excluding hydrogens is 271 g/mol. The molecule has 0 saturated carbocycles. The van der Waals surface area contributed by atoms with Crippen molar-refractivity contribution in [3.63, 3.8) is 0 Å². The maximum Gasteiger partial charge on any atom is 0.339 e. The van der Waals surface area contributed by atoms with E-state index in [1.807, 2.05) is 0 Å². The fraction of sp³-hybridized carbons (Fsp3) is 0.222. The molecule has 0 spiro atoms. The normalized spacial score (nSPS) is 12.3. The Kier molecular flexibility index (Phi) is 3.92. The minimum absolute atomic E-state index is 0.325. The van der Waals surface area contributed by atoms with Gasteiger partial charge in [0.1, 0.15) is 0 Å². The first-order chi connectivity index (χ1) is 6.56. The van der Waals surface area contributed by atoms with Crippen LogP contribution in [0, 0.1) is 0 Å². The second-order valence-corrected chi connectivity index (χ2v) is 3.91. The van der Waals surface area contributed by atoms with Gasteiger partial charge < -0.3 is 9.84 Å². The second-order valence-electron chi connectivity index (χ2n) is 2.59. The Morgan fingerprint density at radius 3 is 2.86 bits per heavy atom. The van der Waals surface area contributed by atoms with Crippen molar-refractivity contribution in [1.82, 2.24) is 0 Å². The molecular formula is C9H8BrClO3. The SMILES string of the molecule is COC(=O)C(O)c1cc(Br)ccc1Cl. The van der Waals surface area contributed by atoms with Crippen LogP contribution in [0.3, 0.4) is 0 Å². The van der Waals surface area contributed by atoms with E-state index in [1.54, 1.807) is 18.2 Å². The molecule has 0 bridgehead atoms. The molecule has 14 heavy (non-hydrogen) atoms. The first kappa shape index (κ1) is 11.5. The summed E-state index contributed by atoms with van der Waals surface area (Å²) in [5.41, 5.74) is 0.327. The number of benzene rings is 1. The quantitative estimate of drug-likeness (QED) is 0.845. The van der Waals surface area contributed by atoms with Gasteiger partial charge in [-0.3, -0.25) is 0 Å². The number of halogens is 2. The van der Waals surface area contributed by atoms with Gasteiger partial charge in [-0.1, -0.05) is 27.5 Å². The van der Waals surface area contributed by atoms with Crippen molar-refractivity contribution in [2.75, 3.05) is 7.11 Å². The molecule has 0 radical (unpaired) electrons. The number of aliphatic hydroxyl groups excluding tert-OH is 1. The van der Waals surface area contributed by atoms with E-state index in [9.17, 15) is 9.90 Å². The number of aliphatic hydroxyl groups is 1. The fourth-order valence-corrected chi connectivity index (χ4v) is 1.56. The topological polar surface area (TPSA) is 46.5 Å². The molecule has 0 aromatic heterocycles. The Bertz CT molecular complexity index is 354. The molecule has 1 rings (SSSR count). The number of hydrogen-bond donors (Lipinski definition) is 1. The molecule has 1 N–H and O–H groups in total. The third-order valence-electron chi connectivity index (χ3n) is 1.68. The molecule has 1 aromatic carbocycles. The maximum absolute atomic E-state index is 11.0. The Morgan fingerprint density at radius 2 is 2.29 bits per heavy atom. The molecule has 5 heteroatoms. The summed E-state index contributed by atoms with van der Waals surface area (Å²) < 4.78 is 5.13. The molecule has 0 fully saturated rings. The highest BCUT2D eigenvalue weighted by molar-refractivity contribution is 9.10. The zero-order valence-electron chi connectivity index (χ0n) is 7.33. The highest BCUT2D eigenvalue weighted by atomic mass is 79.9. The van der Waals surface area contributed by atoms with Gasteiger partial charge in [-0.2, -0.15) is 0 Å². The van der Waals surface area contributed by atoms with Crippen LogP contribution in [0.5, 0.6) is 0 Å². The number of carbonyl (C=O) groups excluding carboxylic acids is 1. The molecule has 0 aliphatic heterocycles. The number of methoxy groups -OCH3 is 1. The molecule has 1 unspecified atom stereocenters. The van der Waals surface area contributed by atoms with E-state index in [4.69, 9.17) is 11.6 Å². The lowest BCUT2D eigenvalue weighted by atomic mass is 10.1. The summed E-state index contributed by atoms with van der Waals surface area (Å²) in [6.45, 7) is 0. The van der Waals surface area contributed by atoms with Crippen molar-refractivity contribution in [1.29, 1.82) is 0 Å². The Labute approximate surface area is 94.8 Å². The highest BCUT2D eigenvalue weighted by Crippen LogP contribution is 2.27. The summed E-state index contributed by atoms with van der Waals surface area (Å²) in [5.74, 6) is -0.731. The lowest BCUT2D eigenvalue weighted by Crippen LogP contribution is -2.13. The number of hydrogen-bond acceptors (Lipinski definition) is 3. The van der Waals surface area contributed by atoms with Gasteiger partial charge in [-0.05, 0) is 18.2 Å². The summed E-state index contributed by atoms with van der Waals surface area (Å²) in [7, 11) is 1.21. The van der Waals surface area contributed by atoms with E-state index < -0.39 is 12.1 Å². The minimum atomic E-state index is -1.34. The zero-order chi connectivity index (χ0) is 10.7. The van der Waals surface area contributed by atoms with E-state index in [0.717, 1.165) is 4.47 Å². The van der Waals surface area contributed by atoms with Gasteiger partial charge in [0.25, 0.3) is 0 Å². The van der Waals surface area contributed by atoms with Gasteiger partial charge >= 0.3 is 5.97 Å². The number of esters is 1. The van der Waals surface area contributed by atoms with E-state index in [2.05, 4.69) is 20.7 Å². The molecule has 0 heterocycles. The van der Waals surface area contributed by atoms with Crippen molar-refractivity contribution in [2.45, 2.75) is 6.10 Å². The minimum Gasteiger partial charge on any atom is -0.467 e. The molecule has 0 aliphatic rings. The van der Waals surface area contributed by atoms with Gasteiger partial charge in [-0.25, -0.2) is 4.79 Å². The van der Waals surface area contributed by atoms with Crippen molar-refractivity contribution < 1.29 is 14.6 Å². The number of ether oxygens (including phenoxy) is 1. The van der Waals surface area contributed by atoms with Crippen molar-refractivity contribution in [3.8, 4) is 0 Å². The molecule has 0 aliphatic carbocycles. The third-order valence-corrected chi connectivity index (χ3v) is 2.51. The first-order valence-corrected chi connectivity index (χ1v) is 4.94. The number of carbonyl (C=O) groups is 1. The van der Waals surface area contributed by atoms with Gasteiger partial charge in [0, 0.05) is 15.1 Å². The van der Waals surface area contributed by atoms with Crippen LogP contribution in [0.1, 0.15) is 11.7 Å². The second kappa shape index (κ2) is 4.77. The molecule has 1 aromatic rings. The maximum atomic E-state index is 11.0. The lowest BCUT2D eigenvalue weighted by molar-refractivity contribution is -0.150. The summed E-state index contributed by atoms with van der Waals surface area (Å²) in [4.78, 5) is 11.0.